The summed E-state index contributed by atoms with van der Waals surface area (Å²) in [7, 11) is 0. The molecule has 0 saturated carbocycles. The molecule has 1 aromatic carbocycles. The number of hydrogen-bond acceptors (Lipinski definition) is 3. The third-order valence-corrected chi connectivity index (χ3v) is 4.07. The van der Waals surface area contributed by atoms with Crippen molar-refractivity contribution in [3.63, 3.8) is 0 Å². The molecule has 0 aliphatic carbocycles. The molecule has 0 bridgehead atoms. The average molecular weight is 331 g/mol. The molecule has 1 fully saturated rings. The molecule has 0 radical (unpaired) electrons. The van der Waals surface area contributed by atoms with Gasteiger partial charge >= 0.3 is 0 Å². The number of nitrogens with zero attached hydrogens (tertiary/aromatic N) is 1. The molecular weight excluding hydrogens is 315 g/mol. The van der Waals surface area contributed by atoms with Gasteiger partial charge in [-0.15, -0.1) is 0 Å². The molecule has 2 amide bonds. The predicted molar refractivity (Wildman–Crippen MR) is 80.1 cm³/mol. The Morgan fingerprint density at radius 1 is 1.38 bits per heavy atom. The summed E-state index contributed by atoms with van der Waals surface area (Å²) in [5.74, 6) is -0.312. The topological polar surface area (TPSA) is 69.6 Å². The Labute approximate surface area is 132 Å². The highest BCUT2D eigenvalue weighted by atomic mass is 35.5. The molecule has 1 saturated heterocycles. The van der Waals surface area contributed by atoms with Crippen LogP contribution in [0.4, 0.5) is 0 Å². The van der Waals surface area contributed by atoms with E-state index >= 15 is 0 Å². The van der Waals surface area contributed by atoms with Crippen molar-refractivity contribution < 1.29 is 14.7 Å². The van der Waals surface area contributed by atoms with Crippen LogP contribution < -0.4 is 5.32 Å². The van der Waals surface area contributed by atoms with Gasteiger partial charge in [-0.1, -0.05) is 29.3 Å². The van der Waals surface area contributed by atoms with Crippen molar-refractivity contribution in [2.45, 2.75) is 25.4 Å². The highest BCUT2D eigenvalue weighted by Gasteiger charge is 2.30. The number of benzene rings is 1. The van der Waals surface area contributed by atoms with Crippen LogP contribution in [0.3, 0.4) is 0 Å². The lowest BCUT2D eigenvalue weighted by Crippen LogP contribution is -2.45. The number of aliphatic hydroxyl groups excluding tert-OH is 1. The summed E-state index contributed by atoms with van der Waals surface area (Å²) in [5, 5.41) is 12.6. The first-order valence-corrected chi connectivity index (χ1v) is 7.40. The number of carbonyl (C=O) groups excluding carboxylic acids is 2. The summed E-state index contributed by atoms with van der Waals surface area (Å²) in [6, 6.07) is 4.62. The van der Waals surface area contributed by atoms with Crippen LogP contribution in [0.1, 0.15) is 18.4 Å². The van der Waals surface area contributed by atoms with Crippen LogP contribution in [0.25, 0.3) is 0 Å². The normalized spacial score (nSPS) is 17.7. The van der Waals surface area contributed by atoms with Gasteiger partial charge < -0.3 is 15.3 Å². The molecule has 1 unspecified atom stereocenters. The minimum Gasteiger partial charge on any atom is -0.395 e. The second kappa shape index (κ2) is 7.11. The van der Waals surface area contributed by atoms with Gasteiger partial charge in [0.2, 0.25) is 11.8 Å². The molecule has 2 rings (SSSR count). The minimum atomic E-state index is -0.508. The molecule has 1 aliphatic rings. The standard InChI is InChI=1S/C14H16Cl2N2O3/c15-10-2-1-9(7-11(10)16)8-18(5-6-19)14(21)12-3-4-13(20)17-12/h1-2,7,12,19H,3-6,8H2,(H,17,20). The second-order valence-electron chi connectivity index (χ2n) is 4.89. The Hall–Kier alpha value is -1.30. The molecule has 0 aromatic heterocycles. The van der Waals surface area contributed by atoms with Gasteiger partial charge in [-0.25, -0.2) is 0 Å². The molecule has 21 heavy (non-hydrogen) atoms. The van der Waals surface area contributed by atoms with Crippen molar-refractivity contribution in [2.75, 3.05) is 13.2 Å². The largest absolute Gasteiger partial charge is 0.395 e. The fourth-order valence-electron chi connectivity index (χ4n) is 2.27. The lowest BCUT2D eigenvalue weighted by Gasteiger charge is -2.25. The van der Waals surface area contributed by atoms with Gasteiger partial charge in [0.25, 0.3) is 0 Å². The fraction of sp³-hybridized carbons (Fsp3) is 0.429. The van der Waals surface area contributed by atoms with Gasteiger partial charge in [0, 0.05) is 19.5 Å². The van der Waals surface area contributed by atoms with E-state index in [1.807, 2.05) is 0 Å². The Bertz CT molecular complexity index is 551. The first-order valence-electron chi connectivity index (χ1n) is 6.64. The van der Waals surface area contributed by atoms with Gasteiger partial charge in [0.1, 0.15) is 6.04 Å². The number of halogens is 2. The minimum absolute atomic E-state index is 0.119. The van der Waals surface area contributed by atoms with Crippen LogP contribution in [0.2, 0.25) is 10.0 Å². The van der Waals surface area contributed by atoms with Crippen molar-refractivity contribution in [2.24, 2.45) is 0 Å². The SMILES string of the molecule is O=C1CCC(C(=O)N(CCO)Cc2ccc(Cl)c(Cl)c2)N1. The molecule has 2 N–H and O–H groups in total. The number of hydrogen-bond donors (Lipinski definition) is 2. The van der Waals surface area contributed by atoms with Crippen LogP contribution >= 0.6 is 23.2 Å². The van der Waals surface area contributed by atoms with Gasteiger partial charge in [0.15, 0.2) is 0 Å². The third kappa shape index (κ3) is 4.09. The molecule has 114 valence electrons. The molecule has 0 spiro atoms. The van der Waals surface area contributed by atoms with Gasteiger partial charge in [-0.3, -0.25) is 9.59 Å². The highest BCUT2D eigenvalue weighted by molar-refractivity contribution is 6.42. The summed E-state index contributed by atoms with van der Waals surface area (Å²) in [5.41, 5.74) is 0.815. The number of rotatable bonds is 5. The quantitative estimate of drug-likeness (QED) is 0.861. The third-order valence-electron chi connectivity index (χ3n) is 3.33. The van der Waals surface area contributed by atoms with E-state index in [0.717, 1.165) is 5.56 Å². The summed E-state index contributed by atoms with van der Waals surface area (Å²) in [4.78, 5) is 25.1. The number of carbonyl (C=O) groups is 2. The van der Waals surface area contributed by atoms with Crippen LogP contribution in [0, 0.1) is 0 Å². The van der Waals surface area contributed by atoms with Crippen LogP contribution in [-0.4, -0.2) is 41.0 Å². The number of nitrogens with one attached hydrogen (secondary N) is 1. The Morgan fingerprint density at radius 3 is 2.71 bits per heavy atom. The van der Waals surface area contributed by atoms with E-state index in [-0.39, 0.29) is 25.0 Å². The maximum atomic E-state index is 12.4. The maximum absolute atomic E-state index is 12.4. The predicted octanol–water partition coefficient (Wildman–Crippen LogP) is 1.59. The highest BCUT2D eigenvalue weighted by Crippen LogP contribution is 2.23. The Balaban J connectivity index is 2.09. The lowest BCUT2D eigenvalue weighted by atomic mass is 10.1. The van der Waals surface area contributed by atoms with E-state index in [1.54, 1.807) is 18.2 Å². The van der Waals surface area contributed by atoms with E-state index in [2.05, 4.69) is 5.32 Å². The van der Waals surface area contributed by atoms with E-state index in [4.69, 9.17) is 28.3 Å². The Morgan fingerprint density at radius 2 is 2.14 bits per heavy atom. The van der Waals surface area contributed by atoms with Gasteiger partial charge in [-0.05, 0) is 24.1 Å². The molecule has 5 nitrogen and oxygen atoms in total. The van der Waals surface area contributed by atoms with E-state index in [0.29, 0.717) is 29.4 Å². The number of aliphatic hydroxyl groups is 1. The Kier molecular flexibility index (Phi) is 5.45. The van der Waals surface area contributed by atoms with Crippen molar-refractivity contribution in [3.05, 3.63) is 33.8 Å². The van der Waals surface area contributed by atoms with E-state index in [9.17, 15) is 9.59 Å². The van der Waals surface area contributed by atoms with Crippen LogP contribution in [-0.2, 0) is 16.1 Å². The summed E-state index contributed by atoms with van der Waals surface area (Å²) >= 11 is 11.8. The number of amides is 2. The van der Waals surface area contributed by atoms with Gasteiger partial charge in [-0.2, -0.15) is 0 Å². The molecule has 7 heteroatoms. The fourth-order valence-corrected chi connectivity index (χ4v) is 2.59. The summed E-state index contributed by atoms with van der Waals surface area (Å²) in [6.07, 6.45) is 0.844. The lowest BCUT2D eigenvalue weighted by molar-refractivity contribution is -0.135. The average Bonchev–Trinajstić information content (AvgIpc) is 2.88. The summed E-state index contributed by atoms with van der Waals surface area (Å²) < 4.78 is 0. The molecule has 1 aliphatic heterocycles. The molecule has 1 atom stereocenters. The molecular formula is C14H16Cl2N2O3. The van der Waals surface area contributed by atoms with E-state index < -0.39 is 6.04 Å². The van der Waals surface area contributed by atoms with Crippen molar-refractivity contribution in [1.29, 1.82) is 0 Å². The van der Waals surface area contributed by atoms with Crippen molar-refractivity contribution >= 4 is 35.0 Å². The van der Waals surface area contributed by atoms with Crippen molar-refractivity contribution in [1.82, 2.24) is 10.2 Å². The zero-order chi connectivity index (χ0) is 15.4. The zero-order valence-corrected chi connectivity index (χ0v) is 12.8. The second-order valence-corrected chi connectivity index (χ2v) is 5.71. The van der Waals surface area contributed by atoms with Crippen LogP contribution in [0.15, 0.2) is 18.2 Å². The first-order chi connectivity index (χ1) is 10.0. The van der Waals surface area contributed by atoms with E-state index in [1.165, 1.54) is 4.90 Å². The molecule has 1 aromatic rings. The molecule has 1 heterocycles. The smallest absolute Gasteiger partial charge is 0.245 e. The maximum Gasteiger partial charge on any atom is 0.245 e. The first kappa shape index (κ1) is 16.1. The van der Waals surface area contributed by atoms with Crippen molar-refractivity contribution in [3.8, 4) is 0 Å². The summed E-state index contributed by atoms with van der Waals surface area (Å²) in [6.45, 7) is 0.363. The van der Waals surface area contributed by atoms with Gasteiger partial charge in [0.05, 0.1) is 16.7 Å². The monoisotopic (exact) mass is 330 g/mol. The zero-order valence-electron chi connectivity index (χ0n) is 11.3. The van der Waals surface area contributed by atoms with Crippen LogP contribution in [0.5, 0.6) is 0 Å².